The van der Waals surface area contributed by atoms with Crippen LogP contribution in [0.25, 0.3) is 11.2 Å². The van der Waals surface area contributed by atoms with Crippen molar-refractivity contribution < 1.29 is 9.47 Å². The van der Waals surface area contributed by atoms with Crippen LogP contribution >= 0.6 is 0 Å². The number of fused-ring (bicyclic) bond motifs is 2. The van der Waals surface area contributed by atoms with Gasteiger partial charge in [0.1, 0.15) is 17.7 Å². The summed E-state index contributed by atoms with van der Waals surface area (Å²) >= 11 is 0. The van der Waals surface area contributed by atoms with Crippen molar-refractivity contribution in [2.24, 2.45) is 0 Å². The average Bonchev–Trinajstić information content (AvgIpc) is 3.12. The molecule has 7 nitrogen and oxygen atoms in total. The lowest BCUT2D eigenvalue weighted by Gasteiger charge is -2.15. The van der Waals surface area contributed by atoms with Gasteiger partial charge in [-0.05, 0) is 31.5 Å². The Morgan fingerprint density at radius 1 is 1.23 bits per heavy atom. The zero-order valence-corrected chi connectivity index (χ0v) is 12.3. The van der Waals surface area contributed by atoms with Crippen LogP contribution in [0.1, 0.15) is 24.4 Å². The lowest BCUT2D eigenvalue weighted by Crippen LogP contribution is -2.08. The molecule has 0 saturated carbocycles. The first kappa shape index (κ1) is 12.9. The molecule has 4 rings (SSSR count). The Morgan fingerprint density at radius 2 is 2.09 bits per heavy atom. The molecule has 1 atom stereocenters. The largest absolute Gasteiger partial charge is 0.454 e. The van der Waals surface area contributed by atoms with Gasteiger partial charge in [-0.15, -0.1) is 0 Å². The number of hydrogen-bond donors (Lipinski definition) is 2. The summed E-state index contributed by atoms with van der Waals surface area (Å²) in [6, 6.07) is 5.97. The fraction of sp³-hybridized carbons (Fsp3) is 0.267. The summed E-state index contributed by atoms with van der Waals surface area (Å²) in [7, 11) is 0. The van der Waals surface area contributed by atoms with Crippen molar-refractivity contribution in [3.8, 4) is 11.5 Å². The molecule has 0 amide bonds. The van der Waals surface area contributed by atoms with Crippen molar-refractivity contribution in [1.29, 1.82) is 0 Å². The number of aromatic nitrogens is 4. The van der Waals surface area contributed by atoms with E-state index in [0.29, 0.717) is 5.65 Å². The highest BCUT2D eigenvalue weighted by Gasteiger charge is 2.17. The van der Waals surface area contributed by atoms with Gasteiger partial charge in [0.15, 0.2) is 23.0 Å². The minimum atomic E-state index is 0.0520. The van der Waals surface area contributed by atoms with E-state index in [1.165, 1.54) is 6.33 Å². The van der Waals surface area contributed by atoms with Crippen molar-refractivity contribution in [2.45, 2.75) is 19.9 Å². The predicted octanol–water partition coefficient (Wildman–Crippen LogP) is 2.56. The number of nitrogens with zero attached hydrogens (tertiary/aromatic N) is 3. The predicted molar refractivity (Wildman–Crippen MR) is 81.0 cm³/mol. The molecule has 3 heterocycles. The second-order valence-electron chi connectivity index (χ2n) is 5.22. The first-order valence-corrected chi connectivity index (χ1v) is 7.04. The van der Waals surface area contributed by atoms with Crippen LogP contribution < -0.4 is 14.8 Å². The van der Waals surface area contributed by atoms with E-state index in [9.17, 15) is 0 Å². The summed E-state index contributed by atoms with van der Waals surface area (Å²) in [5.74, 6) is 3.10. The topological polar surface area (TPSA) is 85.0 Å². The molecule has 1 aromatic carbocycles. The van der Waals surface area contributed by atoms with Crippen LogP contribution in [-0.2, 0) is 0 Å². The molecule has 0 spiro atoms. The third-order valence-corrected chi connectivity index (χ3v) is 3.66. The van der Waals surface area contributed by atoms with Crippen molar-refractivity contribution in [1.82, 2.24) is 19.9 Å². The summed E-state index contributed by atoms with van der Waals surface area (Å²) in [6.45, 7) is 4.24. The second kappa shape index (κ2) is 4.87. The number of benzene rings is 1. The SMILES string of the molecule is Cc1nc2ncnc(NC(C)c3ccc4c(c3)OCO4)c2[nH]1. The van der Waals surface area contributed by atoms with Gasteiger partial charge in [0.25, 0.3) is 0 Å². The minimum Gasteiger partial charge on any atom is -0.454 e. The number of H-pyrrole nitrogens is 1. The van der Waals surface area contributed by atoms with Gasteiger partial charge in [0, 0.05) is 0 Å². The van der Waals surface area contributed by atoms with Crippen molar-refractivity contribution >= 4 is 17.0 Å². The highest BCUT2D eigenvalue weighted by molar-refractivity contribution is 5.82. The van der Waals surface area contributed by atoms with E-state index in [0.717, 1.165) is 34.2 Å². The highest BCUT2D eigenvalue weighted by atomic mass is 16.7. The van der Waals surface area contributed by atoms with Crippen LogP contribution in [0.4, 0.5) is 5.82 Å². The molecule has 22 heavy (non-hydrogen) atoms. The van der Waals surface area contributed by atoms with E-state index in [4.69, 9.17) is 9.47 Å². The maximum absolute atomic E-state index is 5.42. The van der Waals surface area contributed by atoms with Crippen LogP contribution in [0.3, 0.4) is 0 Å². The van der Waals surface area contributed by atoms with Gasteiger partial charge in [-0.3, -0.25) is 0 Å². The van der Waals surface area contributed by atoms with E-state index in [1.807, 2.05) is 25.1 Å². The maximum Gasteiger partial charge on any atom is 0.231 e. The molecule has 3 aromatic rings. The second-order valence-corrected chi connectivity index (χ2v) is 5.22. The molecule has 0 bridgehead atoms. The zero-order chi connectivity index (χ0) is 15.1. The summed E-state index contributed by atoms with van der Waals surface area (Å²) in [6.07, 6.45) is 1.51. The van der Waals surface area contributed by atoms with Crippen LogP contribution in [-0.4, -0.2) is 26.7 Å². The van der Waals surface area contributed by atoms with E-state index in [1.54, 1.807) is 0 Å². The number of hydrogen-bond acceptors (Lipinski definition) is 6. The third-order valence-electron chi connectivity index (χ3n) is 3.66. The average molecular weight is 297 g/mol. The Hall–Kier alpha value is -2.83. The molecular weight excluding hydrogens is 282 g/mol. The lowest BCUT2D eigenvalue weighted by molar-refractivity contribution is 0.174. The summed E-state index contributed by atoms with van der Waals surface area (Å²) in [5.41, 5.74) is 2.56. The van der Waals surface area contributed by atoms with E-state index >= 15 is 0 Å². The normalized spacial score (nSPS) is 14.3. The molecule has 112 valence electrons. The van der Waals surface area contributed by atoms with Crippen LogP contribution in [0.15, 0.2) is 24.5 Å². The van der Waals surface area contributed by atoms with Gasteiger partial charge in [-0.25, -0.2) is 15.0 Å². The van der Waals surface area contributed by atoms with Gasteiger partial charge < -0.3 is 19.8 Å². The van der Waals surface area contributed by atoms with Gasteiger partial charge in [0.2, 0.25) is 6.79 Å². The maximum atomic E-state index is 5.42. The summed E-state index contributed by atoms with van der Waals surface area (Å²) in [4.78, 5) is 16.0. The van der Waals surface area contributed by atoms with Gasteiger partial charge >= 0.3 is 0 Å². The summed E-state index contributed by atoms with van der Waals surface area (Å²) in [5, 5.41) is 3.39. The number of aromatic amines is 1. The van der Waals surface area contributed by atoms with Crippen LogP contribution in [0, 0.1) is 6.92 Å². The van der Waals surface area contributed by atoms with E-state index in [2.05, 4.69) is 32.2 Å². The Kier molecular flexibility index (Phi) is 2.85. The molecule has 7 heteroatoms. The first-order chi connectivity index (χ1) is 10.7. The Labute approximate surface area is 126 Å². The number of rotatable bonds is 3. The lowest BCUT2D eigenvalue weighted by atomic mass is 10.1. The molecular formula is C15H15N5O2. The molecule has 1 aliphatic rings. The van der Waals surface area contributed by atoms with Gasteiger partial charge in [-0.2, -0.15) is 0 Å². The molecule has 0 aliphatic carbocycles. The zero-order valence-electron chi connectivity index (χ0n) is 12.3. The van der Waals surface area contributed by atoms with Crippen molar-refractivity contribution in [3.05, 3.63) is 35.9 Å². The molecule has 2 N–H and O–H groups in total. The molecule has 2 aromatic heterocycles. The molecule has 0 fully saturated rings. The number of nitrogens with one attached hydrogen (secondary N) is 2. The third kappa shape index (κ3) is 2.11. The van der Waals surface area contributed by atoms with Gasteiger partial charge in [0.05, 0.1) is 6.04 Å². The smallest absolute Gasteiger partial charge is 0.231 e. The molecule has 0 radical (unpaired) electrons. The molecule has 1 aliphatic heterocycles. The summed E-state index contributed by atoms with van der Waals surface area (Å²) < 4.78 is 10.8. The first-order valence-electron chi connectivity index (χ1n) is 7.04. The fourth-order valence-electron chi connectivity index (χ4n) is 2.52. The Balaban J connectivity index is 1.64. The van der Waals surface area contributed by atoms with Gasteiger partial charge in [-0.1, -0.05) is 6.07 Å². The fourth-order valence-corrected chi connectivity index (χ4v) is 2.52. The van der Waals surface area contributed by atoms with Crippen molar-refractivity contribution in [2.75, 3.05) is 12.1 Å². The van der Waals surface area contributed by atoms with Crippen LogP contribution in [0.2, 0.25) is 0 Å². The number of imidazole rings is 1. The van der Waals surface area contributed by atoms with Crippen molar-refractivity contribution in [3.63, 3.8) is 0 Å². The Morgan fingerprint density at radius 3 is 3.00 bits per heavy atom. The number of ether oxygens (including phenoxy) is 2. The van der Waals surface area contributed by atoms with Crippen LogP contribution in [0.5, 0.6) is 11.5 Å². The molecule has 1 unspecified atom stereocenters. The number of aryl methyl sites for hydroxylation is 1. The highest BCUT2D eigenvalue weighted by Crippen LogP contribution is 2.35. The van der Waals surface area contributed by atoms with E-state index < -0.39 is 0 Å². The standard InChI is InChI=1S/C15H15N5O2/c1-8(10-3-4-11-12(5-10)22-7-21-11)18-14-13-15(17-6-16-14)20-9(2)19-13/h3-6,8H,7H2,1-2H3,(H2,16,17,18,19,20). The molecule has 0 saturated heterocycles. The monoisotopic (exact) mass is 297 g/mol. The Bertz CT molecular complexity index is 845. The minimum absolute atomic E-state index is 0.0520. The quantitative estimate of drug-likeness (QED) is 0.773. The van der Waals surface area contributed by atoms with E-state index in [-0.39, 0.29) is 12.8 Å². The number of anilines is 1.